The molecule has 1 unspecified atom stereocenters. The molecule has 46 heavy (non-hydrogen) atoms. The van der Waals surface area contributed by atoms with Gasteiger partial charge in [0.2, 0.25) is 0 Å². The van der Waals surface area contributed by atoms with E-state index in [9.17, 15) is 9.59 Å². The molecule has 0 spiro atoms. The molecule has 5 rings (SSSR count). The lowest BCUT2D eigenvalue weighted by Gasteiger charge is -2.32. The largest absolute Gasteiger partial charge is 0.494 e. The Bertz CT molecular complexity index is 1820. The van der Waals surface area contributed by atoms with E-state index >= 15 is 0 Å². The summed E-state index contributed by atoms with van der Waals surface area (Å²) in [6.07, 6.45) is 0.641. The number of anilines is 1. The third kappa shape index (κ3) is 6.99. The van der Waals surface area contributed by atoms with Crippen LogP contribution in [0, 0.1) is 0 Å². The van der Waals surface area contributed by atoms with Crippen molar-refractivity contribution in [1.29, 1.82) is 0 Å². The van der Waals surface area contributed by atoms with Crippen molar-refractivity contribution in [3.05, 3.63) is 130 Å². The number of para-hydroxylation sites is 2. The summed E-state index contributed by atoms with van der Waals surface area (Å²) >= 11 is 0. The van der Waals surface area contributed by atoms with Gasteiger partial charge in [0.1, 0.15) is 11.6 Å². The number of nitrogens with zero attached hydrogens (tertiary/aromatic N) is 3. The van der Waals surface area contributed by atoms with Crippen LogP contribution in [-0.2, 0) is 6.42 Å². The number of urea groups is 1. The number of fused-ring (bicyclic) bond motifs is 1. The lowest BCUT2D eigenvalue weighted by Crippen LogP contribution is -2.41. The lowest BCUT2D eigenvalue weighted by molar-refractivity contribution is 0.190. The zero-order chi connectivity index (χ0) is 32.8. The van der Waals surface area contributed by atoms with Gasteiger partial charge in [-0.3, -0.25) is 9.36 Å². The molecule has 0 radical (unpaired) electrons. The molecule has 238 valence electrons. The van der Waals surface area contributed by atoms with Gasteiger partial charge < -0.3 is 15.0 Å². The molecule has 0 aliphatic carbocycles. The number of nitrogens with one attached hydrogen (secondary N) is 1. The first-order valence-corrected chi connectivity index (χ1v) is 16.2. The van der Waals surface area contributed by atoms with Crippen LogP contribution in [0.25, 0.3) is 16.6 Å². The van der Waals surface area contributed by atoms with E-state index in [0.29, 0.717) is 42.0 Å². The number of carbonyl (C=O) groups excluding carboxylic acids is 1. The van der Waals surface area contributed by atoms with Crippen LogP contribution >= 0.6 is 0 Å². The Morgan fingerprint density at radius 2 is 1.46 bits per heavy atom. The first kappa shape index (κ1) is 32.5. The fourth-order valence-electron chi connectivity index (χ4n) is 5.92. The quantitative estimate of drug-likeness (QED) is 0.161. The average molecular weight is 617 g/mol. The molecule has 0 aliphatic heterocycles. The maximum atomic E-state index is 14.5. The van der Waals surface area contributed by atoms with E-state index in [1.165, 1.54) is 0 Å². The smallest absolute Gasteiger partial charge is 0.322 e. The minimum Gasteiger partial charge on any atom is -0.494 e. The van der Waals surface area contributed by atoms with Crippen LogP contribution in [0.4, 0.5) is 10.5 Å². The normalized spacial score (nSPS) is 12.0. The van der Waals surface area contributed by atoms with Crippen LogP contribution in [0.3, 0.4) is 0 Å². The lowest BCUT2D eigenvalue weighted by atomic mass is 9.92. The maximum Gasteiger partial charge on any atom is 0.322 e. The van der Waals surface area contributed by atoms with Gasteiger partial charge in [0.05, 0.1) is 29.2 Å². The van der Waals surface area contributed by atoms with Gasteiger partial charge in [-0.05, 0) is 85.2 Å². The standard InChI is InChI=1S/C39H44N4O3/c1-7-46-31-22-20-30(21-23-31)43-37(40-35-19-12-11-16-34(35)38(43)44)28(6)42(25-24-29-14-9-8-10-15-29)39(45)41-36-32(26(2)3)17-13-18-33(36)27(4)5/h8-23,26-28H,7,24-25H2,1-6H3,(H,41,45). The van der Waals surface area contributed by atoms with Gasteiger partial charge in [0, 0.05) is 12.2 Å². The van der Waals surface area contributed by atoms with Crippen LogP contribution in [0.15, 0.2) is 102 Å². The van der Waals surface area contributed by atoms with Crippen molar-refractivity contribution in [3.63, 3.8) is 0 Å². The van der Waals surface area contributed by atoms with Gasteiger partial charge in [-0.15, -0.1) is 0 Å². The van der Waals surface area contributed by atoms with E-state index in [1.807, 2.05) is 74.5 Å². The molecular weight excluding hydrogens is 572 g/mol. The summed E-state index contributed by atoms with van der Waals surface area (Å²) in [5.41, 5.74) is 5.21. The fraction of sp³-hybridized carbons (Fsp3) is 0.308. The molecule has 1 aromatic heterocycles. The van der Waals surface area contributed by atoms with Gasteiger partial charge >= 0.3 is 6.03 Å². The molecule has 0 saturated carbocycles. The Balaban J connectivity index is 1.63. The van der Waals surface area contributed by atoms with Gasteiger partial charge in [-0.25, -0.2) is 9.78 Å². The Kier molecular flexibility index (Phi) is 10.2. The summed E-state index contributed by atoms with van der Waals surface area (Å²) in [6, 6.07) is 30.3. The number of rotatable bonds is 11. The molecule has 4 aromatic carbocycles. The monoisotopic (exact) mass is 616 g/mol. The molecule has 0 fully saturated rings. The van der Waals surface area contributed by atoms with Crippen molar-refractivity contribution < 1.29 is 9.53 Å². The molecular formula is C39H44N4O3. The van der Waals surface area contributed by atoms with Crippen molar-refractivity contribution in [3.8, 4) is 11.4 Å². The first-order valence-electron chi connectivity index (χ1n) is 16.2. The molecule has 5 aromatic rings. The number of benzene rings is 4. The van der Waals surface area contributed by atoms with Gasteiger partial charge in [-0.2, -0.15) is 0 Å². The third-order valence-corrected chi connectivity index (χ3v) is 8.40. The predicted octanol–water partition coefficient (Wildman–Crippen LogP) is 8.87. The van der Waals surface area contributed by atoms with E-state index in [2.05, 4.69) is 63.3 Å². The van der Waals surface area contributed by atoms with Crippen LogP contribution in [0.1, 0.15) is 81.9 Å². The first-order chi connectivity index (χ1) is 22.2. The Morgan fingerprint density at radius 3 is 2.09 bits per heavy atom. The predicted molar refractivity (Wildman–Crippen MR) is 187 cm³/mol. The molecule has 7 heteroatoms. The summed E-state index contributed by atoms with van der Waals surface area (Å²) in [7, 11) is 0. The van der Waals surface area contributed by atoms with Crippen molar-refractivity contribution in [2.24, 2.45) is 0 Å². The number of amides is 2. The van der Waals surface area contributed by atoms with Crippen LogP contribution in [-0.4, -0.2) is 33.6 Å². The SMILES string of the molecule is CCOc1ccc(-n2c(C(C)N(CCc3ccccc3)C(=O)Nc3c(C(C)C)cccc3C(C)C)nc3ccccc3c2=O)cc1. The molecule has 1 atom stereocenters. The Morgan fingerprint density at radius 1 is 0.826 bits per heavy atom. The highest BCUT2D eigenvalue weighted by Gasteiger charge is 2.28. The maximum absolute atomic E-state index is 14.5. The van der Waals surface area contributed by atoms with E-state index in [4.69, 9.17) is 9.72 Å². The van der Waals surface area contributed by atoms with E-state index in [-0.39, 0.29) is 23.4 Å². The molecule has 2 amide bonds. The minimum atomic E-state index is -0.554. The highest BCUT2D eigenvalue weighted by Crippen LogP contribution is 2.33. The zero-order valence-electron chi connectivity index (χ0n) is 27.7. The van der Waals surface area contributed by atoms with Crippen LogP contribution < -0.4 is 15.6 Å². The summed E-state index contributed by atoms with van der Waals surface area (Å²) in [5, 5.41) is 3.83. The van der Waals surface area contributed by atoms with Gasteiger partial charge in [-0.1, -0.05) is 88.4 Å². The third-order valence-electron chi connectivity index (χ3n) is 8.40. The van der Waals surface area contributed by atoms with Crippen molar-refractivity contribution in [2.45, 2.75) is 65.8 Å². The number of hydrogen-bond acceptors (Lipinski definition) is 4. The second-order valence-electron chi connectivity index (χ2n) is 12.2. The zero-order valence-corrected chi connectivity index (χ0v) is 27.7. The molecule has 1 N–H and O–H groups in total. The van der Waals surface area contributed by atoms with Crippen LogP contribution in [0.2, 0.25) is 0 Å². The highest BCUT2D eigenvalue weighted by atomic mass is 16.5. The summed E-state index contributed by atoms with van der Waals surface area (Å²) < 4.78 is 7.30. The van der Waals surface area contributed by atoms with Crippen molar-refractivity contribution >= 4 is 22.6 Å². The number of aromatic nitrogens is 2. The topological polar surface area (TPSA) is 76.5 Å². The summed E-state index contributed by atoms with van der Waals surface area (Å²) in [6.45, 7) is 13.4. The number of carbonyl (C=O) groups is 1. The van der Waals surface area contributed by atoms with Gasteiger partial charge in [0.15, 0.2) is 0 Å². The fourth-order valence-corrected chi connectivity index (χ4v) is 5.92. The highest BCUT2D eigenvalue weighted by molar-refractivity contribution is 5.92. The minimum absolute atomic E-state index is 0.188. The van der Waals surface area contributed by atoms with E-state index < -0.39 is 6.04 Å². The second-order valence-corrected chi connectivity index (χ2v) is 12.2. The number of ether oxygens (including phenoxy) is 1. The molecule has 7 nitrogen and oxygen atoms in total. The van der Waals surface area contributed by atoms with E-state index in [1.54, 1.807) is 15.5 Å². The van der Waals surface area contributed by atoms with Gasteiger partial charge in [0.25, 0.3) is 5.56 Å². The second kappa shape index (κ2) is 14.5. The van der Waals surface area contributed by atoms with E-state index in [0.717, 1.165) is 28.1 Å². The van der Waals surface area contributed by atoms with Crippen LogP contribution in [0.5, 0.6) is 5.75 Å². The Hall–Kier alpha value is -4.91. The molecule has 0 aliphatic rings. The Labute approximate surface area is 271 Å². The number of hydrogen-bond donors (Lipinski definition) is 1. The van der Waals surface area contributed by atoms with Crippen molar-refractivity contribution in [2.75, 3.05) is 18.5 Å². The molecule has 1 heterocycles. The molecule has 0 saturated heterocycles. The van der Waals surface area contributed by atoms with Crippen molar-refractivity contribution in [1.82, 2.24) is 14.5 Å². The summed E-state index contributed by atoms with van der Waals surface area (Å²) in [4.78, 5) is 35.5. The average Bonchev–Trinajstić information content (AvgIpc) is 3.05. The molecule has 0 bridgehead atoms. The summed E-state index contributed by atoms with van der Waals surface area (Å²) in [5.74, 6) is 1.64.